The minimum atomic E-state index is -1.11. The van der Waals surface area contributed by atoms with Crippen LogP contribution in [0.5, 0.6) is 0 Å². The van der Waals surface area contributed by atoms with Gasteiger partial charge in [0.05, 0.1) is 38.6 Å². The third-order valence-corrected chi connectivity index (χ3v) is 2.39. The lowest BCUT2D eigenvalue weighted by Gasteiger charge is -2.25. The minimum Gasteiger partial charge on any atom is -0.496 e. The second-order valence-corrected chi connectivity index (χ2v) is 4.67. The maximum atomic E-state index is 9.27. The largest absolute Gasteiger partial charge is 0.496 e. The van der Waals surface area contributed by atoms with Crippen LogP contribution in [0.15, 0.2) is 12.5 Å². The second-order valence-electron chi connectivity index (χ2n) is 4.67. The Labute approximate surface area is 164 Å². The molecule has 29 heavy (non-hydrogen) atoms. The van der Waals surface area contributed by atoms with Crippen molar-refractivity contribution in [2.75, 3.05) is 60.5 Å². The van der Waals surface area contributed by atoms with Crippen molar-refractivity contribution in [3.63, 3.8) is 0 Å². The first-order valence-electron chi connectivity index (χ1n) is 7.69. The number of nitrogens with two attached hydrogens (primary N) is 1. The van der Waals surface area contributed by atoms with Crippen molar-refractivity contribution >= 4 is 0 Å². The summed E-state index contributed by atoms with van der Waals surface area (Å²) in [5.41, 5.74) is 4.76. The Morgan fingerprint density at radius 2 is 1.31 bits per heavy atom. The Morgan fingerprint density at radius 3 is 1.93 bits per heavy atom. The van der Waals surface area contributed by atoms with Gasteiger partial charge in [0.15, 0.2) is 6.26 Å². The summed E-state index contributed by atoms with van der Waals surface area (Å²) >= 11 is 0. The number of hydrogen-bond donors (Lipinski definition) is 2. The standard InChI is InChI=1S/C12H25NO16/c1-15-3-5-17-10-12(13,9-14)11-18-6-8-20-22-24-26-28-29-27-25-23-21-19-7-4-16-2/h6,8,14H,3-5,7,9-11,13H2,1-2H3/b8-6-. The third kappa shape index (κ3) is 19.8. The van der Waals surface area contributed by atoms with Crippen molar-refractivity contribution in [2.24, 2.45) is 5.73 Å². The molecular weight excluding hydrogens is 414 g/mol. The van der Waals surface area contributed by atoms with Crippen molar-refractivity contribution in [1.82, 2.24) is 0 Å². The molecule has 3 N–H and O–H groups in total. The minimum absolute atomic E-state index is 0.0517. The quantitative estimate of drug-likeness (QED) is 0.0836. The van der Waals surface area contributed by atoms with E-state index in [1.165, 1.54) is 14.2 Å². The van der Waals surface area contributed by atoms with Gasteiger partial charge in [-0.3, -0.25) is 0 Å². The summed E-state index contributed by atoms with van der Waals surface area (Å²) in [4.78, 5) is 8.64. The summed E-state index contributed by atoms with van der Waals surface area (Å²) in [6.45, 7) is 0.662. The van der Waals surface area contributed by atoms with E-state index >= 15 is 0 Å². The fourth-order valence-electron chi connectivity index (χ4n) is 1.12. The monoisotopic (exact) mass is 439 g/mol. The predicted molar refractivity (Wildman–Crippen MR) is 80.5 cm³/mol. The molecule has 174 valence electrons. The van der Waals surface area contributed by atoms with Gasteiger partial charge in [-0.05, 0) is 20.2 Å². The zero-order valence-electron chi connectivity index (χ0n) is 15.8. The molecule has 0 aromatic carbocycles. The molecule has 0 rings (SSSR count). The summed E-state index contributed by atoms with van der Waals surface area (Å²) < 4.78 is 19.7. The number of ether oxygens (including phenoxy) is 4. The van der Waals surface area contributed by atoms with Crippen LogP contribution in [0, 0.1) is 0 Å². The molecule has 0 aromatic heterocycles. The van der Waals surface area contributed by atoms with E-state index in [1.807, 2.05) is 0 Å². The summed E-state index contributed by atoms with van der Waals surface area (Å²) in [5.74, 6) is 0. The molecule has 0 aliphatic rings. The van der Waals surface area contributed by atoms with Crippen molar-refractivity contribution in [1.29, 1.82) is 0 Å². The highest BCUT2D eigenvalue weighted by atomic mass is 17.9. The summed E-state index contributed by atoms with van der Waals surface area (Å²) in [6.07, 6.45) is 1.96. The van der Waals surface area contributed by atoms with Crippen molar-refractivity contribution < 1.29 is 79.2 Å². The van der Waals surface area contributed by atoms with Gasteiger partial charge in [0.25, 0.3) is 0 Å². The molecular formula is C12H25NO16. The first-order chi connectivity index (χ1) is 14.2. The van der Waals surface area contributed by atoms with Gasteiger partial charge in [-0.15, -0.1) is 0 Å². The summed E-state index contributed by atoms with van der Waals surface area (Å²) in [7, 11) is 2.99. The smallest absolute Gasteiger partial charge is 0.167 e. The van der Waals surface area contributed by atoms with Crippen LogP contribution in [-0.2, 0) is 74.1 Å². The van der Waals surface area contributed by atoms with Gasteiger partial charge in [0.2, 0.25) is 0 Å². The molecule has 1 atom stereocenters. The normalized spacial score (nSPS) is 13.7. The lowest BCUT2D eigenvalue weighted by atomic mass is 10.1. The Bertz CT molecular complexity index is 363. The number of aliphatic hydroxyl groups excluding tert-OH is 1. The first-order valence-corrected chi connectivity index (χ1v) is 7.69. The number of hydrogen-bond acceptors (Lipinski definition) is 17. The molecule has 0 aliphatic carbocycles. The van der Waals surface area contributed by atoms with Crippen LogP contribution in [-0.4, -0.2) is 71.1 Å². The van der Waals surface area contributed by atoms with Crippen LogP contribution in [0.1, 0.15) is 0 Å². The fraction of sp³-hybridized carbons (Fsp3) is 0.833. The van der Waals surface area contributed by atoms with Crippen molar-refractivity contribution in [3.05, 3.63) is 12.5 Å². The van der Waals surface area contributed by atoms with E-state index in [2.05, 4.69) is 59.9 Å². The highest BCUT2D eigenvalue weighted by Gasteiger charge is 2.25. The zero-order chi connectivity index (χ0) is 21.5. The molecule has 0 radical (unpaired) electrons. The Morgan fingerprint density at radius 1 is 0.724 bits per heavy atom. The second kappa shape index (κ2) is 21.4. The van der Waals surface area contributed by atoms with E-state index in [0.717, 1.165) is 12.5 Å². The molecule has 1 unspecified atom stereocenters. The molecule has 0 saturated heterocycles. The van der Waals surface area contributed by atoms with Gasteiger partial charge in [-0.25, -0.2) is 4.89 Å². The van der Waals surface area contributed by atoms with Crippen LogP contribution in [0.2, 0.25) is 0 Å². The SMILES string of the molecule is COCCOCC(N)(CO)CO/C=C\OOOOOOOOOOOCCOC. The van der Waals surface area contributed by atoms with E-state index in [0.29, 0.717) is 13.2 Å². The molecule has 0 fully saturated rings. The van der Waals surface area contributed by atoms with Crippen LogP contribution >= 0.6 is 0 Å². The molecule has 0 spiro atoms. The lowest BCUT2D eigenvalue weighted by molar-refractivity contribution is -0.853. The molecule has 17 heteroatoms. The molecule has 0 bridgehead atoms. The highest BCUT2D eigenvalue weighted by molar-refractivity contribution is 4.84. The first kappa shape index (κ1) is 27.7. The maximum absolute atomic E-state index is 9.27. The average Bonchev–Trinajstić information content (AvgIpc) is 2.73. The van der Waals surface area contributed by atoms with E-state index in [9.17, 15) is 5.11 Å². The lowest BCUT2D eigenvalue weighted by Crippen LogP contribution is -2.52. The van der Waals surface area contributed by atoms with E-state index in [-0.39, 0.29) is 33.0 Å². The van der Waals surface area contributed by atoms with Gasteiger partial charge in [0.1, 0.15) is 19.5 Å². The van der Waals surface area contributed by atoms with Crippen LogP contribution in [0.4, 0.5) is 0 Å². The molecule has 0 amide bonds. The Hall–Kier alpha value is -1.26. The number of methoxy groups -OCH3 is 2. The van der Waals surface area contributed by atoms with Gasteiger partial charge >= 0.3 is 0 Å². The fourth-order valence-corrected chi connectivity index (χ4v) is 1.12. The number of aliphatic hydroxyl groups is 1. The van der Waals surface area contributed by atoms with Crippen LogP contribution in [0.25, 0.3) is 0 Å². The van der Waals surface area contributed by atoms with Crippen molar-refractivity contribution in [3.8, 4) is 0 Å². The van der Waals surface area contributed by atoms with Gasteiger partial charge in [-0.1, -0.05) is 0 Å². The van der Waals surface area contributed by atoms with Crippen molar-refractivity contribution in [2.45, 2.75) is 5.54 Å². The Balaban J connectivity index is 3.40. The Kier molecular flexibility index (Phi) is 20.5. The molecule has 0 saturated carbocycles. The van der Waals surface area contributed by atoms with E-state index in [1.54, 1.807) is 0 Å². The van der Waals surface area contributed by atoms with Gasteiger partial charge in [0, 0.05) is 39.4 Å². The van der Waals surface area contributed by atoms with E-state index < -0.39 is 5.54 Å². The summed E-state index contributed by atoms with van der Waals surface area (Å²) in [5, 5.41) is 43.5. The third-order valence-electron chi connectivity index (χ3n) is 2.39. The highest BCUT2D eigenvalue weighted by Crippen LogP contribution is 2.02. The average molecular weight is 439 g/mol. The van der Waals surface area contributed by atoms with Crippen LogP contribution < -0.4 is 5.73 Å². The van der Waals surface area contributed by atoms with Gasteiger partial charge in [-0.2, -0.15) is 0 Å². The van der Waals surface area contributed by atoms with Crippen LogP contribution in [0.3, 0.4) is 0 Å². The topological polar surface area (TPSA) is 185 Å². The molecule has 0 aromatic rings. The number of rotatable bonds is 23. The molecule has 0 aliphatic heterocycles. The van der Waals surface area contributed by atoms with Gasteiger partial charge < -0.3 is 34.7 Å². The zero-order valence-corrected chi connectivity index (χ0v) is 15.8. The van der Waals surface area contributed by atoms with E-state index in [4.69, 9.17) is 19.9 Å². The predicted octanol–water partition coefficient (Wildman–Crippen LogP) is -1.19. The summed E-state index contributed by atoms with van der Waals surface area (Å²) in [6, 6.07) is 0. The molecule has 17 nitrogen and oxygen atoms in total. The maximum Gasteiger partial charge on any atom is 0.167 e. The molecule has 0 heterocycles.